The molecule has 1 heterocycles. The summed E-state index contributed by atoms with van der Waals surface area (Å²) >= 11 is 1.29. The van der Waals surface area contributed by atoms with Gasteiger partial charge >= 0.3 is 0 Å². The number of aromatic nitrogens is 3. The number of hydrogen-bond acceptors (Lipinski definition) is 6. The first-order chi connectivity index (χ1) is 17.1. The highest BCUT2D eigenvalue weighted by molar-refractivity contribution is 7.99. The summed E-state index contributed by atoms with van der Waals surface area (Å²) in [7, 11) is 3.23. The standard InChI is InChI=1S/C26H25FN4O3S/c1-33-21-13-11-20(12-14-21)31-25(22-5-3-4-6-23(22)34-2)29-30-26(31)35-17-24(32)28-16-15-18-7-9-19(27)10-8-18/h3-14H,15-17H2,1-2H3,(H,28,32). The van der Waals surface area contributed by atoms with Gasteiger partial charge in [-0.2, -0.15) is 0 Å². The maximum atomic E-state index is 13.0. The molecule has 0 fully saturated rings. The third-order valence-electron chi connectivity index (χ3n) is 5.29. The average Bonchev–Trinajstić information content (AvgIpc) is 3.32. The van der Waals surface area contributed by atoms with E-state index < -0.39 is 0 Å². The summed E-state index contributed by atoms with van der Waals surface area (Å²) in [6, 6.07) is 21.4. The maximum Gasteiger partial charge on any atom is 0.230 e. The van der Waals surface area contributed by atoms with Gasteiger partial charge in [-0.05, 0) is 60.5 Å². The van der Waals surface area contributed by atoms with Crippen LogP contribution in [0.3, 0.4) is 0 Å². The Hall–Kier alpha value is -3.85. The van der Waals surface area contributed by atoms with Crippen LogP contribution in [0.4, 0.5) is 4.39 Å². The first-order valence-electron chi connectivity index (χ1n) is 11.0. The molecule has 0 aliphatic rings. The number of halogens is 1. The molecule has 0 unspecified atom stereocenters. The van der Waals surface area contributed by atoms with E-state index in [2.05, 4.69) is 15.5 Å². The Morgan fingerprint density at radius 1 is 0.971 bits per heavy atom. The largest absolute Gasteiger partial charge is 0.497 e. The Kier molecular flexibility index (Phi) is 7.99. The van der Waals surface area contributed by atoms with Gasteiger partial charge in [-0.1, -0.05) is 36.0 Å². The molecule has 9 heteroatoms. The molecule has 0 spiro atoms. The Morgan fingerprint density at radius 2 is 1.71 bits per heavy atom. The zero-order valence-electron chi connectivity index (χ0n) is 19.4. The van der Waals surface area contributed by atoms with Crippen molar-refractivity contribution in [1.82, 2.24) is 20.1 Å². The molecule has 180 valence electrons. The summed E-state index contributed by atoms with van der Waals surface area (Å²) in [5, 5.41) is 12.3. The van der Waals surface area contributed by atoms with Crippen LogP contribution < -0.4 is 14.8 Å². The lowest BCUT2D eigenvalue weighted by molar-refractivity contribution is -0.118. The first-order valence-corrected chi connectivity index (χ1v) is 11.9. The number of ether oxygens (including phenoxy) is 2. The number of rotatable bonds is 10. The maximum absolute atomic E-state index is 13.0. The van der Waals surface area contributed by atoms with Crippen molar-refractivity contribution in [3.8, 4) is 28.6 Å². The summed E-state index contributed by atoms with van der Waals surface area (Å²) in [6.07, 6.45) is 0.622. The van der Waals surface area contributed by atoms with E-state index in [9.17, 15) is 9.18 Å². The summed E-state index contributed by atoms with van der Waals surface area (Å²) in [5.41, 5.74) is 2.57. The minimum Gasteiger partial charge on any atom is -0.497 e. The number of hydrogen-bond donors (Lipinski definition) is 1. The van der Waals surface area contributed by atoms with Crippen LogP contribution >= 0.6 is 11.8 Å². The lowest BCUT2D eigenvalue weighted by Crippen LogP contribution is -2.27. The zero-order valence-corrected chi connectivity index (χ0v) is 20.2. The van der Waals surface area contributed by atoms with Crippen molar-refractivity contribution in [3.05, 3.63) is 84.2 Å². The number of nitrogens with zero attached hydrogens (tertiary/aromatic N) is 3. The third kappa shape index (κ3) is 5.99. The van der Waals surface area contributed by atoms with E-state index in [4.69, 9.17) is 9.47 Å². The SMILES string of the molecule is COc1ccc(-n2c(SCC(=O)NCCc3ccc(F)cc3)nnc2-c2ccccc2OC)cc1. The molecule has 1 aromatic heterocycles. The lowest BCUT2D eigenvalue weighted by Gasteiger charge is -2.13. The molecule has 4 rings (SSSR count). The molecular formula is C26H25FN4O3S. The van der Waals surface area contributed by atoms with Gasteiger partial charge in [-0.3, -0.25) is 9.36 Å². The molecule has 3 aromatic carbocycles. The number of nitrogens with one attached hydrogen (secondary N) is 1. The van der Waals surface area contributed by atoms with Gasteiger partial charge < -0.3 is 14.8 Å². The molecule has 4 aromatic rings. The Bertz CT molecular complexity index is 1280. The van der Waals surface area contributed by atoms with Crippen LogP contribution in [0.25, 0.3) is 17.1 Å². The fraction of sp³-hybridized carbons (Fsp3) is 0.192. The van der Waals surface area contributed by atoms with E-state index in [-0.39, 0.29) is 17.5 Å². The number of benzene rings is 3. The van der Waals surface area contributed by atoms with Crippen molar-refractivity contribution < 1.29 is 18.7 Å². The lowest BCUT2D eigenvalue weighted by atomic mass is 10.1. The highest BCUT2D eigenvalue weighted by Crippen LogP contribution is 2.33. The van der Waals surface area contributed by atoms with Gasteiger partial charge in [0.05, 0.1) is 31.2 Å². The smallest absolute Gasteiger partial charge is 0.230 e. The molecule has 0 saturated carbocycles. The molecule has 0 bridgehead atoms. The molecule has 0 saturated heterocycles. The molecule has 0 radical (unpaired) electrons. The van der Waals surface area contributed by atoms with E-state index in [0.29, 0.717) is 29.7 Å². The van der Waals surface area contributed by atoms with Crippen molar-refractivity contribution >= 4 is 17.7 Å². The zero-order chi connectivity index (χ0) is 24.6. The topological polar surface area (TPSA) is 78.3 Å². The van der Waals surface area contributed by atoms with Crippen molar-refractivity contribution in [2.45, 2.75) is 11.6 Å². The van der Waals surface area contributed by atoms with Crippen LogP contribution in [-0.4, -0.2) is 47.2 Å². The van der Waals surface area contributed by atoms with E-state index in [1.54, 1.807) is 26.4 Å². The predicted molar refractivity (Wildman–Crippen MR) is 134 cm³/mol. The van der Waals surface area contributed by atoms with Crippen LogP contribution in [0, 0.1) is 5.82 Å². The van der Waals surface area contributed by atoms with Gasteiger partial charge in [0.25, 0.3) is 0 Å². The highest BCUT2D eigenvalue weighted by Gasteiger charge is 2.19. The van der Waals surface area contributed by atoms with Crippen LogP contribution in [0.1, 0.15) is 5.56 Å². The van der Waals surface area contributed by atoms with Crippen LogP contribution in [0.5, 0.6) is 11.5 Å². The number of carbonyl (C=O) groups is 1. The summed E-state index contributed by atoms with van der Waals surface area (Å²) in [4.78, 5) is 12.5. The van der Waals surface area contributed by atoms with Crippen molar-refractivity contribution in [2.75, 3.05) is 26.5 Å². The molecular weight excluding hydrogens is 467 g/mol. The fourth-order valence-electron chi connectivity index (χ4n) is 3.51. The van der Waals surface area contributed by atoms with Crippen molar-refractivity contribution in [3.63, 3.8) is 0 Å². The quantitative estimate of drug-likeness (QED) is 0.328. The van der Waals surface area contributed by atoms with Gasteiger partial charge in [-0.25, -0.2) is 4.39 Å². The van der Waals surface area contributed by atoms with E-state index >= 15 is 0 Å². The minimum absolute atomic E-state index is 0.125. The fourth-order valence-corrected chi connectivity index (χ4v) is 4.29. The molecule has 1 N–H and O–H groups in total. The molecule has 0 aliphatic heterocycles. The van der Waals surface area contributed by atoms with E-state index in [0.717, 1.165) is 22.6 Å². The Balaban J connectivity index is 1.51. The summed E-state index contributed by atoms with van der Waals surface area (Å²) < 4.78 is 25.8. The summed E-state index contributed by atoms with van der Waals surface area (Å²) in [5.74, 6) is 1.78. The number of thioether (sulfide) groups is 1. The Morgan fingerprint density at radius 3 is 2.43 bits per heavy atom. The number of amides is 1. The van der Waals surface area contributed by atoms with Crippen LogP contribution in [0.15, 0.2) is 78.0 Å². The van der Waals surface area contributed by atoms with E-state index in [1.165, 1.54) is 23.9 Å². The van der Waals surface area contributed by atoms with Gasteiger partial charge in [0, 0.05) is 6.54 Å². The number of methoxy groups -OCH3 is 2. The van der Waals surface area contributed by atoms with Crippen molar-refractivity contribution in [2.24, 2.45) is 0 Å². The molecule has 0 aliphatic carbocycles. The van der Waals surface area contributed by atoms with Gasteiger partial charge in [0.2, 0.25) is 5.91 Å². The normalized spacial score (nSPS) is 10.7. The summed E-state index contributed by atoms with van der Waals surface area (Å²) in [6.45, 7) is 0.461. The molecule has 7 nitrogen and oxygen atoms in total. The van der Waals surface area contributed by atoms with Crippen LogP contribution in [0.2, 0.25) is 0 Å². The van der Waals surface area contributed by atoms with Gasteiger partial charge in [-0.15, -0.1) is 10.2 Å². The van der Waals surface area contributed by atoms with E-state index in [1.807, 2.05) is 53.1 Å². The average molecular weight is 493 g/mol. The minimum atomic E-state index is -0.275. The van der Waals surface area contributed by atoms with Gasteiger partial charge in [0.1, 0.15) is 17.3 Å². The predicted octanol–water partition coefficient (Wildman–Crippen LogP) is 4.54. The third-order valence-corrected chi connectivity index (χ3v) is 6.22. The molecule has 1 amide bonds. The second kappa shape index (κ2) is 11.5. The van der Waals surface area contributed by atoms with Crippen LogP contribution in [-0.2, 0) is 11.2 Å². The Labute approximate surface area is 207 Å². The molecule has 35 heavy (non-hydrogen) atoms. The molecule has 0 atom stereocenters. The first kappa shape index (κ1) is 24.3. The van der Waals surface area contributed by atoms with Crippen molar-refractivity contribution in [1.29, 1.82) is 0 Å². The second-order valence-electron chi connectivity index (χ2n) is 7.55. The monoisotopic (exact) mass is 492 g/mol. The highest BCUT2D eigenvalue weighted by atomic mass is 32.2. The second-order valence-corrected chi connectivity index (χ2v) is 8.50. The number of carbonyl (C=O) groups excluding carboxylic acids is 1. The number of para-hydroxylation sites is 1. The van der Waals surface area contributed by atoms with Gasteiger partial charge in [0.15, 0.2) is 11.0 Å².